The van der Waals surface area contributed by atoms with E-state index in [1.165, 1.54) is 24.9 Å². The summed E-state index contributed by atoms with van der Waals surface area (Å²) < 4.78 is 4.69. The number of aromatic nitrogens is 2. The van der Waals surface area contributed by atoms with Crippen LogP contribution in [0.3, 0.4) is 0 Å². The van der Waals surface area contributed by atoms with Crippen LogP contribution < -0.4 is 5.56 Å². The Kier molecular flexibility index (Phi) is 7.08. The summed E-state index contributed by atoms with van der Waals surface area (Å²) in [5.41, 5.74) is 1.29. The molecule has 0 saturated heterocycles. The standard InChI is InChI=1S/C14H20N2O3S/c1-4-6-11-9-12(17)16-14(15-11)20-8-7-10(5-2)13(18)19-3/h7,9H,4-6,8H2,1-3H3,(H,15,16,17). The Morgan fingerprint density at radius 1 is 1.50 bits per heavy atom. The molecule has 0 amide bonds. The van der Waals surface area contributed by atoms with Gasteiger partial charge in [0, 0.05) is 23.1 Å². The lowest BCUT2D eigenvalue weighted by Gasteiger charge is -2.03. The van der Waals surface area contributed by atoms with Crippen LogP contribution in [-0.4, -0.2) is 28.8 Å². The van der Waals surface area contributed by atoms with E-state index in [0.29, 0.717) is 22.9 Å². The van der Waals surface area contributed by atoms with Crippen molar-refractivity contribution in [1.29, 1.82) is 0 Å². The smallest absolute Gasteiger partial charge is 0.333 e. The van der Waals surface area contributed by atoms with Gasteiger partial charge in [0.25, 0.3) is 5.56 Å². The Balaban J connectivity index is 2.72. The van der Waals surface area contributed by atoms with Crippen molar-refractivity contribution in [3.8, 4) is 0 Å². The molecule has 0 radical (unpaired) electrons. The molecule has 1 heterocycles. The van der Waals surface area contributed by atoms with Gasteiger partial charge in [-0.25, -0.2) is 9.78 Å². The minimum atomic E-state index is -0.311. The number of ether oxygens (including phenoxy) is 1. The molecule has 1 aromatic rings. The van der Waals surface area contributed by atoms with Crippen LogP contribution in [0.5, 0.6) is 0 Å². The fourth-order valence-corrected chi connectivity index (χ4v) is 2.46. The molecule has 0 saturated carbocycles. The first-order chi connectivity index (χ1) is 9.60. The first-order valence-corrected chi connectivity index (χ1v) is 7.59. The molecule has 6 heteroatoms. The van der Waals surface area contributed by atoms with Crippen LogP contribution in [0, 0.1) is 0 Å². The van der Waals surface area contributed by atoms with Crippen molar-refractivity contribution in [2.45, 2.75) is 38.3 Å². The van der Waals surface area contributed by atoms with Gasteiger partial charge in [-0.3, -0.25) is 4.79 Å². The average Bonchev–Trinajstić information content (AvgIpc) is 2.42. The number of esters is 1. The number of H-pyrrole nitrogens is 1. The number of thioether (sulfide) groups is 1. The van der Waals surface area contributed by atoms with Gasteiger partial charge in [0.2, 0.25) is 0 Å². The molecular weight excluding hydrogens is 276 g/mol. The molecule has 0 aliphatic rings. The second-order valence-electron chi connectivity index (χ2n) is 4.18. The Labute approximate surface area is 122 Å². The Hall–Kier alpha value is -1.56. The minimum absolute atomic E-state index is 0.140. The van der Waals surface area contributed by atoms with Gasteiger partial charge in [0.05, 0.1) is 7.11 Å². The number of nitrogens with one attached hydrogen (secondary N) is 1. The summed E-state index contributed by atoms with van der Waals surface area (Å²) in [5.74, 6) is 0.255. The zero-order chi connectivity index (χ0) is 15.0. The van der Waals surface area contributed by atoms with Gasteiger partial charge in [0.15, 0.2) is 5.16 Å². The van der Waals surface area contributed by atoms with Crippen LogP contribution in [0.1, 0.15) is 32.4 Å². The summed E-state index contributed by atoms with van der Waals surface area (Å²) in [7, 11) is 1.37. The molecule has 0 fully saturated rings. The Morgan fingerprint density at radius 3 is 2.85 bits per heavy atom. The van der Waals surface area contributed by atoms with Crippen molar-refractivity contribution in [1.82, 2.24) is 9.97 Å². The van der Waals surface area contributed by atoms with Crippen molar-refractivity contribution >= 4 is 17.7 Å². The zero-order valence-corrected chi connectivity index (χ0v) is 12.9. The summed E-state index contributed by atoms with van der Waals surface area (Å²) >= 11 is 1.40. The number of rotatable bonds is 7. The van der Waals surface area contributed by atoms with Crippen LogP contribution in [0.2, 0.25) is 0 Å². The Bertz CT molecular complexity index is 537. The van der Waals surface area contributed by atoms with E-state index in [1.807, 2.05) is 19.9 Å². The van der Waals surface area contributed by atoms with Gasteiger partial charge in [-0.05, 0) is 12.8 Å². The molecule has 5 nitrogen and oxygen atoms in total. The first-order valence-electron chi connectivity index (χ1n) is 6.61. The van der Waals surface area contributed by atoms with E-state index in [4.69, 9.17) is 0 Å². The number of aryl methyl sites for hydroxylation is 1. The molecule has 0 aromatic carbocycles. The minimum Gasteiger partial charge on any atom is -0.466 e. The monoisotopic (exact) mass is 296 g/mol. The molecule has 0 spiro atoms. The summed E-state index contributed by atoms with van der Waals surface area (Å²) in [6.45, 7) is 3.94. The second kappa shape index (κ2) is 8.58. The number of carbonyl (C=O) groups excluding carboxylic acids is 1. The van der Waals surface area contributed by atoms with Crippen molar-refractivity contribution in [3.05, 3.63) is 33.8 Å². The van der Waals surface area contributed by atoms with E-state index in [9.17, 15) is 9.59 Å². The molecule has 1 rings (SSSR count). The van der Waals surface area contributed by atoms with E-state index >= 15 is 0 Å². The topological polar surface area (TPSA) is 72.0 Å². The van der Waals surface area contributed by atoms with Crippen molar-refractivity contribution in [2.75, 3.05) is 12.9 Å². The third-order valence-corrected chi connectivity index (χ3v) is 3.46. The second-order valence-corrected chi connectivity index (χ2v) is 5.19. The summed E-state index contributed by atoms with van der Waals surface area (Å²) in [5, 5.41) is 0.581. The summed E-state index contributed by atoms with van der Waals surface area (Å²) in [4.78, 5) is 30.0. The third kappa shape index (κ3) is 5.21. The molecule has 20 heavy (non-hydrogen) atoms. The molecule has 1 N–H and O–H groups in total. The molecule has 0 aliphatic heterocycles. The molecule has 1 aromatic heterocycles. The molecule has 0 atom stereocenters. The van der Waals surface area contributed by atoms with Gasteiger partial charge >= 0.3 is 5.97 Å². The van der Waals surface area contributed by atoms with Crippen LogP contribution in [-0.2, 0) is 16.0 Å². The maximum Gasteiger partial charge on any atom is 0.333 e. The van der Waals surface area contributed by atoms with E-state index in [0.717, 1.165) is 18.5 Å². The number of nitrogens with zero attached hydrogens (tertiary/aromatic N) is 1. The number of carbonyl (C=O) groups is 1. The van der Waals surface area contributed by atoms with Crippen LogP contribution in [0.4, 0.5) is 0 Å². The van der Waals surface area contributed by atoms with Crippen LogP contribution in [0.15, 0.2) is 27.7 Å². The molecule has 110 valence electrons. The van der Waals surface area contributed by atoms with Gasteiger partial charge in [0.1, 0.15) is 0 Å². The van der Waals surface area contributed by atoms with Gasteiger partial charge in [-0.2, -0.15) is 0 Å². The summed E-state index contributed by atoms with van der Waals surface area (Å²) in [6, 6.07) is 1.52. The van der Waals surface area contributed by atoms with Crippen molar-refractivity contribution < 1.29 is 9.53 Å². The van der Waals surface area contributed by atoms with E-state index in [2.05, 4.69) is 14.7 Å². The Morgan fingerprint density at radius 2 is 2.25 bits per heavy atom. The van der Waals surface area contributed by atoms with Gasteiger partial charge < -0.3 is 9.72 Å². The maximum atomic E-state index is 11.5. The first kappa shape index (κ1) is 16.5. The van der Waals surface area contributed by atoms with Gasteiger partial charge in [-0.1, -0.05) is 38.1 Å². The highest BCUT2D eigenvalue weighted by atomic mass is 32.2. The number of hydrogen-bond donors (Lipinski definition) is 1. The SMILES string of the molecule is CCCc1cc(=O)[nH]c(SCC=C(CC)C(=O)OC)n1. The quantitative estimate of drug-likeness (QED) is 0.362. The number of hydrogen-bond acceptors (Lipinski definition) is 5. The third-order valence-electron chi connectivity index (χ3n) is 2.66. The normalized spacial score (nSPS) is 11.4. The lowest BCUT2D eigenvalue weighted by Crippen LogP contribution is -2.10. The lowest BCUT2D eigenvalue weighted by molar-refractivity contribution is -0.136. The van der Waals surface area contributed by atoms with Crippen LogP contribution in [0.25, 0.3) is 0 Å². The highest BCUT2D eigenvalue weighted by Crippen LogP contribution is 2.14. The largest absolute Gasteiger partial charge is 0.466 e. The van der Waals surface area contributed by atoms with Crippen molar-refractivity contribution in [3.63, 3.8) is 0 Å². The number of methoxy groups -OCH3 is 1. The van der Waals surface area contributed by atoms with E-state index in [-0.39, 0.29) is 11.5 Å². The molecule has 0 unspecified atom stereocenters. The van der Waals surface area contributed by atoms with Crippen molar-refractivity contribution in [2.24, 2.45) is 0 Å². The predicted molar refractivity (Wildman–Crippen MR) is 80.0 cm³/mol. The molecule has 0 bridgehead atoms. The lowest BCUT2D eigenvalue weighted by atomic mass is 10.2. The molecular formula is C14H20N2O3S. The van der Waals surface area contributed by atoms with E-state index < -0.39 is 0 Å². The fraction of sp³-hybridized carbons (Fsp3) is 0.500. The maximum absolute atomic E-state index is 11.5. The average molecular weight is 296 g/mol. The number of aromatic amines is 1. The highest BCUT2D eigenvalue weighted by molar-refractivity contribution is 7.99. The van der Waals surface area contributed by atoms with E-state index in [1.54, 1.807) is 0 Å². The van der Waals surface area contributed by atoms with Crippen LogP contribution >= 0.6 is 11.8 Å². The summed E-state index contributed by atoms with van der Waals surface area (Å²) in [6.07, 6.45) is 4.16. The molecule has 0 aliphatic carbocycles. The van der Waals surface area contributed by atoms with Gasteiger partial charge in [-0.15, -0.1) is 0 Å². The fourth-order valence-electron chi connectivity index (χ4n) is 1.66. The zero-order valence-electron chi connectivity index (χ0n) is 12.1. The highest BCUT2D eigenvalue weighted by Gasteiger charge is 2.07. The predicted octanol–water partition coefficient (Wildman–Crippen LogP) is 2.32.